The van der Waals surface area contributed by atoms with Crippen molar-refractivity contribution in [2.45, 2.75) is 0 Å². The van der Waals surface area contributed by atoms with Crippen LogP contribution in [0.5, 0.6) is 5.75 Å². The number of carbonyl (C=O) groups excluding carboxylic acids is 1. The van der Waals surface area contributed by atoms with E-state index in [9.17, 15) is 9.59 Å². The molecular formula is C13H11NO4. The molecule has 1 aromatic heterocycles. The molecule has 18 heavy (non-hydrogen) atoms. The Morgan fingerprint density at radius 2 is 2.06 bits per heavy atom. The molecule has 0 fully saturated rings. The number of carboxylic acid groups (broad SMARTS) is 1. The van der Waals surface area contributed by atoms with Gasteiger partial charge in [-0.05, 0) is 24.3 Å². The van der Waals surface area contributed by atoms with E-state index in [1.54, 1.807) is 37.6 Å². The number of carbonyl (C=O) groups is 2. The fourth-order valence-electron chi connectivity index (χ4n) is 1.66. The number of nitrogens with zero attached hydrogens (tertiary/aromatic N) is 1. The third kappa shape index (κ3) is 2.24. The predicted molar refractivity (Wildman–Crippen MR) is 65.9 cm³/mol. The lowest BCUT2D eigenvalue weighted by molar-refractivity contribution is -0.131. The van der Waals surface area contributed by atoms with E-state index in [1.165, 1.54) is 4.57 Å². The van der Waals surface area contributed by atoms with E-state index in [2.05, 4.69) is 0 Å². The molecule has 92 valence electrons. The molecule has 0 bridgehead atoms. The fourth-order valence-corrected chi connectivity index (χ4v) is 1.66. The molecule has 1 N–H and O–H groups in total. The fraction of sp³-hybridized carbons (Fsp3) is 0.0769. The topological polar surface area (TPSA) is 68.5 Å². The average Bonchev–Trinajstić information content (AvgIpc) is 2.78. The number of methoxy groups -OCH3 is 1. The SMILES string of the molecule is COc1ccc2c(ccn2C(=O)/C=C/C(=O)O)c1. The van der Waals surface area contributed by atoms with E-state index in [1.807, 2.05) is 0 Å². The summed E-state index contributed by atoms with van der Waals surface area (Å²) in [6, 6.07) is 7.07. The number of allylic oxidation sites excluding steroid dienone is 1. The van der Waals surface area contributed by atoms with Crippen molar-refractivity contribution in [3.8, 4) is 5.75 Å². The van der Waals surface area contributed by atoms with Crippen LogP contribution in [0.4, 0.5) is 0 Å². The lowest BCUT2D eigenvalue weighted by Gasteiger charge is -2.02. The van der Waals surface area contributed by atoms with Crippen LogP contribution >= 0.6 is 0 Å². The highest BCUT2D eigenvalue weighted by Gasteiger charge is 2.07. The van der Waals surface area contributed by atoms with Gasteiger partial charge in [0.2, 0.25) is 0 Å². The van der Waals surface area contributed by atoms with Crippen LogP contribution in [0.3, 0.4) is 0 Å². The van der Waals surface area contributed by atoms with Crippen molar-refractivity contribution in [1.29, 1.82) is 0 Å². The highest BCUT2D eigenvalue weighted by atomic mass is 16.5. The van der Waals surface area contributed by atoms with Gasteiger partial charge in [-0.15, -0.1) is 0 Å². The number of rotatable bonds is 3. The zero-order valence-electron chi connectivity index (χ0n) is 9.66. The van der Waals surface area contributed by atoms with Gasteiger partial charge in [-0.1, -0.05) is 0 Å². The number of benzene rings is 1. The molecule has 2 rings (SSSR count). The molecule has 0 aliphatic carbocycles. The van der Waals surface area contributed by atoms with Gasteiger partial charge in [0.25, 0.3) is 5.91 Å². The standard InChI is InChI=1S/C13H11NO4/c1-18-10-2-3-11-9(8-10)6-7-14(11)12(15)4-5-13(16)17/h2-8H,1H3,(H,16,17)/b5-4+. The second-order valence-electron chi connectivity index (χ2n) is 3.62. The summed E-state index contributed by atoms with van der Waals surface area (Å²) in [5.74, 6) is -0.854. The number of hydrogen-bond donors (Lipinski definition) is 1. The predicted octanol–water partition coefficient (Wildman–Crippen LogP) is 1.93. The maximum absolute atomic E-state index is 11.8. The van der Waals surface area contributed by atoms with Gasteiger partial charge >= 0.3 is 5.97 Å². The second kappa shape index (κ2) is 4.75. The van der Waals surface area contributed by atoms with Gasteiger partial charge < -0.3 is 9.84 Å². The number of aliphatic carboxylic acids is 1. The molecule has 0 amide bonds. The number of aromatic nitrogens is 1. The molecule has 0 aliphatic heterocycles. The Kier molecular flexibility index (Phi) is 3.14. The summed E-state index contributed by atoms with van der Waals surface area (Å²) in [6.45, 7) is 0. The Bertz CT molecular complexity index is 639. The Labute approximate surface area is 103 Å². The molecule has 0 aliphatic rings. The van der Waals surface area contributed by atoms with E-state index < -0.39 is 11.9 Å². The lowest BCUT2D eigenvalue weighted by Crippen LogP contribution is -2.06. The third-order valence-corrected chi connectivity index (χ3v) is 2.50. The number of carboxylic acids is 1. The molecule has 1 heterocycles. The summed E-state index contributed by atoms with van der Waals surface area (Å²) >= 11 is 0. The normalized spacial score (nSPS) is 10.9. The minimum atomic E-state index is -1.15. The summed E-state index contributed by atoms with van der Waals surface area (Å²) < 4.78 is 6.47. The smallest absolute Gasteiger partial charge is 0.328 e. The van der Waals surface area contributed by atoms with Gasteiger partial charge in [-0.2, -0.15) is 0 Å². The first kappa shape index (κ1) is 11.9. The van der Waals surface area contributed by atoms with Crippen LogP contribution in [0.25, 0.3) is 10.9 Å². The van der Waals surface area contributed by atoms with Crippen molar-refractivity contribution in [3.63, 3.8) is 0 Å². The van der Waals surface area contributed by atoms with Crippen LogP contribution in [-0.4, -0.2) is 28.7 Å². The molecule has 5 nitrogen and oxygen atoms in total. The molecule has 2 aromatic rings. The van der Waals surface area contributed by atoms with E-state index in [4.69, 9.17) is 9.84 Å². The Balaban J connectivity index is 2.40. The molecule has 1 aromatic carbocycles. The van der Waals surface area contributed by atoms with Crippen molar-refractivity contribution in [1.82, 2.24) is 4.57 Å². The van der Waals surface area contributed by atoms with E-state index in [0.717, 1.165) is 17.5 Å². The maximum Gasteiger partial charge on any atom is 0.328 e. The summed E-state index contributed by atoms with van der Waals surface area (Å²) in [7, 11) is 1.57. The number of fused-ring (bicyclic) bond motifs is 1. The first-order valence-corrected chi connectivity index (χ1v) is 5.22. The second-order valence-corrected chi connectivity index (χ2v) is 3.62. The van der Waals surface area contributed by atoms with Gasteiger partial charge in [0, 0.05) is 23.7 Å². The van der Waals surface area contributed by atoms with Gasteiger partial charge in [-0.3, -0.25) is 9.36 Å². The van der Waals surface area contributed by atoms with Crippen LogP contribution < -0.4 is 4.74 Å². The summed E-state index contributed by atoms with van der Waals surface area (Å²) in [5, 5.41) is 9.33. The zero-order chi connectivity index (χ0) is 13.1. The summed E-state index contributed by atoms with van der Waals surface area (Å²) in [4.78, 5) is 22.1. The highest BCUT2D eigenvalue weighted by Crippen LogP contribution is 2.21. The highest BCUT2D eigenvalue weighted by molar-refractivity contribution is 6.01. The number of hydrogen-bond acceptors (Lipinski definition) is 3. The molecule has 0 atom stereocenters. The summed E-state index contributed by atoms with van der Waals surface area (Å²) in [5.41, 5.74) is 0.704. The molecule has 0 spiro atoms. The Morgan fingerprint density at radius 1 is 1.28 bits per heavy atom. The molecule has 0 saturated carbocycles. The van der Waals surface area contributed by atoms with Crippen LogP contribution in [0.1, 0.15) is 4.79 Å². The van der Waals surface area contributed by atoms with Crippen molar-refractivity contribution in [2.75, 3.05) is 7.11 Å². The lowest BCUT2D eigenvalue weighted by atomic mass is 10.2. The zero-order valence-corrected chi connectivity index (χ0v) is 9.66. The van der Waals surface area contributed by atoms with Crippen LogP contribution in [0, 0.1) is 0 Å². The Hall–Kier alpha value is -2.56. The van der Waals surface area contributed by atoms with Crippen molar-refractivity contribution < 1.29 is 19.4 Å². The summed E-state index contributed by atoms with van der Waals surface area (Å²) in [6.07, 6.45) is 3.43. The van der Waals surface area contributed by atoms with Crippen molar-refractivity contribution in [3.05, 3.63) is 42.6 Å². The average molecular weight is 245 g/mol. The number of ether oxygens (including phenoxy) is 1. The van der Waals surface area contributed by atoms with E-state index >= 15 is 0 Å². The van der Waals surface area contributed by atoms with E-state index in [-0.39, 0.29) is 0 Å². The van der Waals surface area contributed by atoms with Gasteiger partial charge in [0.05, 0.1) is 12.6 Å². The molecule has 5 heteroatoms. The van der Waals surface area contributed by atoms with Gasteiger partial charge in [-0.25, -0.2) is 4.79 Å². The minimum absolute atomic E-state index is 0.405. The monoisotopic (exact) mass is 245 g/mol. The van der Waals surface area contributed by atoms with Crippen molar-refractivity contribution >= 4 is 22.8 Å². The molecular weight excluding hydrogens is 234 g/mol. The van der Waals surface area contributed by atoms with Crippen molar-refractivity contribution in [2.24, 2.45) is 0 Å². The van der Waals surface area contributed by atoms with Crippen LogP contribution in [0.2, 0.25) is 0 Å². The van der Waals surface area contributed by atoms with E-state index in [0.29, 0.717) is 11.3 Å². The quantitative estimate of drug-likeness (QED) is 0.839. The van der Waals surface area contributed by atoms with Gasteiger partial charge in [0.1, 0.15) is 5.75 Å². The molecule has 0 unspecified atom stereocenters. The minimum Gasteiger partial charge on any atom is -0.497 e. The van der Waals surface area contributed by atoms with Crippen LogP contribution in [-0.2, 0) is 4.79 Å². The molecule has 0 saturated heterocycles. The first-order chi connectivity index (χ1) is 8.61. The third-order valence-electron chi connectivity index (χ3n) is 2.50. The maximum atomic E-state index is 11.8. The largest absolute Gasteiger partial charge is 0.497 e. The molecule has 0 radical (unpaired) electrons. The van der Waals surface area contributed by atoms with Crippen LogP contribution in [0.15, 0.2) is 42.6 Å². The first-order valence-electron chi connectivity index (χ1n) is 5.22. The van der Waals surface area contributed by atoms with Gasteiger partial charge in [0.15, 0.2) is 0 Å². The Morgan fingerprint density at radius 3 is 2.72 bits per heavy atom.